The first-order chi connectivity index (χ1) is 6.70. The van der Waals surface area contributed by atoms with E-state index in [0.29, 0.717) is 12.1 Å². The second-order valence-corrected chi connectivity index (χ2v) is 4.58. The minimum absolute atomic E-state index is 0.215. The van der Waals surface area contributed by atoms with Crippen molar-refractivity contribution in [3.8, 4) is 0 Å². The number of nitrogens with two attached hydrogens (primary N) is 1. The van der Waals surface area contributed by atoms with Crippen molar-refractivity contribution in [3.05, 3.63) is 0 Å². The van der Waals surface area contributed by atoms with E-state index < -0.39 is 0 Å². The van der Waals surface area contributed by atoms with Gasteiger partial charge in [-0.05, 0) is 32.7 Å². The van der Waals surface area contributed by atoms with Crippen molar-refractivity contribution < 1.29 is 4.74 Å². The fraction of sp³-hybridized carbons (Fsp3) is 1.00. The summed E-state index contributed by atoms with van der Waals surface area (Å²) in [6.07, 6.45) is 6.60. The normalized spacial score (nSPS) is 22.5. The molecule has 3 nitrogen and oxygen atoms in total. The van der Waals surface area contributed by atoms with Gasteiger partial charge in [-0.1, -0.05) is 12.8 Å². The maximum atomic E-state index is 5.56. The number of hydrogen-bond acceptors (Lipinski definition) is 3. The van der Waals surface area contributed by atoms with Gasteiger partial charge in [-0.25, -0.2) is 0 Å². The summed E-state index contributed by atoms with van der Waals surface area (Å²) >= 11 is 0. The van der Waals surface area contributed by atoms with Gasteiger partial charge < -0.3 is 15.8 Å². The maximum absolute atomic E-state index is 5.56. The van der Waals surface area contributed by atoms with Gasteiger partial charge in [0.25, 0.3) is 0 Å². The lowest BCUT2D eigenvalue weighted by atomic mass is 10.0. The van der Waals surface area contributed by atoms with Crippen LogP contribution in [0.2, 0.25) is 0 Å². The highest BCUT2D eigenvalue weighted by Gasteiger charge is 2.27. The van der Waals surface area contributed by atoms with Crippen LogP contribution >= 0.6 is 0 Å². The Balaban J connectivity index is 2.13. The SMILES string of the molecule is COC(CN)CCNC1(C)CCCC1. The van der Waals surface area contributed by atoms with E-state index in [-0.39, 0.29) is 6.10 Å². The lowest BCUT2D eigenvalue weighted by Gasteiger charge is -2.26. The monoisotopic (exact) mass is 200 g/mol. The highest BCUT2D eigenvalue weighted by Crippen LogP contribution is 2.28. The van der Waals surface area contributed by atoms with Gasteiger partial charge in [-0.15, -0.1) is 0 Å². The van der Waals surface area contributed by atoms with Gasteiger partial charge in [0.05, 0.1) is 6.10 Å². The smallest absolute Gasteiger partial charge is 0.0705 e. The molecule has 3 N–H and O–H groups in total. The molecular weight excluding hydrogens is 176 g/mol. The zero-order chi connectivity index (χ0) is 10.4. The summed E-state index contributed by atoms with van der Waals surface area (Å²) in [6, 6.07) is 0. The van der Waals surface area contributed by atoms with Gasteiger partial charge in [-0.3, -0.25) is 0 Å². The summed E-state index contributed by atoms with van der Waals surface area (Å²) in [7, 11) is 1.73. The van der Waals surface area contributed by atoms with Crippen LogP contribution in [0.25, 0.3) is 0 Å². The van der Waals surface area contributed by atoms with E-state index in [2.05, 4.69) is 12.2 Å². The first kappa shape index (κ1) is 12.0. The van der Waals surface area contributed by atoms with Crippen LogP contribution in [0.1, 0.15) is 39.0 Å². The van der Waals surface area contributed by atoms with E-state index in [1.54, 1.807) is 7.11 Å². The van der Waals surface area contributed by atoms with Crippen molar-refractivity contribution in [2.45, 2.75) is 50.7 Å². The minimum Gasteiger partial charge on any atom is -0.380 e. The Labute approximate surface area is 87.4 Å². The molecule has 1 fully saturated rings. The predicted molar refractivity (Wildman–Crippen MR) is 59.3 cm³/mol. The summed E-state index contributed by atoms with van der Waals surface area (Å²) < 4.78 is 5.23. The molecule has 0 spiro atoms. The van der Waals surface area contributed by atoms with Crippen molar-refractivity contribution in [3.63, 3.8) is 0 Å². The third-order valence-corrected chi connectivity index (χ3v) is 3.32. The van der Waals surface area contributed by atoms with Crippen molar-refractivity contribution in [1.29, 1.82) is 0 Å². The fourth-order valence-corrected chi connectivity index (χ4v) is 2.20. The molecular formula is C11H24N2O. The second-order valence-electron chi connectivity index (χ2n) is 4.58. The molecule has 0 radical (unpaired) electrons. The fourth-order valence-electron chi connectivity index (χ4n) is 2.20. The van der Waals surface area contributed by atoms with E-state index in [9.17, 15) is 0 Å². The molecule has 0 bridgehead atoms. The van der Waals surface area contributed by atoms with Crippen LogP contribution in [0.3, 0.4) is 0 Å². The van der Waals surface area contributed by atoms with Crippen LogP contribution in [-0.4, -0.2) is 31.8 Å². The Morgan fingerprint density at radius 3 is 2.57 bits per heavy atom. The Morgan fingerprint density at radius 2 is 2.07 bits per heavy atom. The minimum atomic E-state index is 0.215. The molecule has 1 aliphatic carbocycles. The molecule has 3 heteroatoms. The van der Waals surface area contributed by atoms with Crippen LogP contribution in [0.5, 0.6) is 0 Å². The maximum Gasteiger partial charge on any atom is 0.0705 e. The van der Waals surface area contributed by atoms with Gasteiger partial charge in [0.2, 0.25) is 0 Å². The van der Waals surface area contributed by atoms with E-state index in [0.717, 1.165) is 13.0 Å². The summed E-state index contributed by atoms with van der Waals surface area (Å²) in [5, 5.41) is 3.62. The third kappa shape index (κ3) is 3.56. The number of nitrogens with one attached hydrogen (secondary N) is 1. The molecule has 0 aromatic rings. The number of hydrogen-bond donors (Lipinski definition) is 2. The van der Waals surface area contributed by atoms with Crippen LogP contribution < -0.4 is 11.1 Å². The van der Waals surface area contributed by atoms with Crippen molar-refractivity contribution in [2.75, 3.05) is 20.2 Å². The van der Waals surface area contributed by atoms with E-state index in [4.69, 9.17) is 10.5 Å². The zero-order valence-electron chi connectivity index (χ0n) is 9.51. The van der Waals surface area contributed by atoms with Crippen LogP contribution in [-0.2, 0) is 4.74 Å². The predicted octanol–water partition coefficient (Wildman–Crippen LogP) is 1.27. The molecule has 84 valence electrons. The highest BCUT2D eigenvalue weighted by molar-refractivity contribution is 4.88. The largest absolute Gasteiger partial charge is 0.380 e. The Morgan fingerprint density at radius 1 is 1.43 bits per heavy atom. The summed E-state index contributed by atoms with van der Waals surface area (Å²) in [6.45, 7) is 3.96. The van der Waals surface area contributed by atoms with Crippen LogP contribution in [0.4, 0.5) is 0 Å². The first-order valence-corrected chi connectivity index (χ1v) is 5.68. The molecule has 0 aromatic carbocycles. The molecule has 1 aliphatic rings. The van der Waals surface area contributed by atoms with Gasteiger partial charge in [-0.2, -0.15) is 0 Å². The average molecular weight is 200 g/mol. The van der Waals surface area contributed by atoms with E-state index in [1.165, 1.54) is 25.7 Å². The molecule has 0 aromatic heterocycles. The molecule has 1 atom stereocenters. The molecule has 1 saturated carbocycles. The Kier molecular flexibility index (Phi) is 4.85. The van der Waals surface area contributed by atoms with Gasteiger partial charge in [0.1, 0.15) is 0 Å². The molecule has 0 aliphatic heterocycles. The molecule has 14 heavy (non-hydrogen) atoms. The van der Waals surface area contributed by atoms with Gasteiger partial charge in [0, 0.05) is 19.2 Å². The summed E-state index contributed by atoms with van der Waals surface area (Å²) in [4.78, 5) is 0. The van der Waals surface area contributed by atoms with Crippen molar-refractivity contribution >= 4 is 0 Å². The molecule has 0 amide bonds. The zero-order valence-corrected chi connectivity index (χ0v) is 9.51. The van der Waals surface area contributed by atoms with E-state index in [1.807, 2.05) is 0 Å². The lowest BCUT2D eigenvalue weighted by Crippen LogP contribution is -2.41. The second kappa shape index (κ2) is 5.69. The molecule has 1 rings (SSSR count). The molecule has 1 unspecified atom stereocenters. The van der Waals surface area contributed by atoms with Gasteiger partial charge in [0.15, 0.2) is 0 Å². The van der Waals surface area contributed by atoms with E-state index >= 15 is 0 Å². The number of rotatable bonds is 6. The van der Waals surface area contributed by atoms with Crippen LogP contribution in [0, 0.1) is 0 Å². The topological polar surface area (TPSA) is 47.3 Å². The number of ether oxygens (including phenoxy) is 1. The summed E-state index contributed by atoms with van der Waals surface area (Å²) in [5.41, 5.74) is 5.94. The average Bonchev–Trinajstić information content (AvgIpc) is 2.60. The van der Waals surface area contributed by atoms with Crippen molar-refractivity contribution in [2.24, 2.45) is 5.73 Å². The summed E-state index contributed by atoms with van der Waals surface area (Å²) in [5.74, 6) is 0. The Bertz CT molecular complexity index is 151. The van der Waals surface area contributed by atoms with Crippen LogP contribution in [0.15, 0.2) is 0 Å². The lowest BCUT2D eigenvalue weighted by molar-refractivity contribution is 0.0998. The standard InChI is InChI=1S/C11H24N2O/c1-11(6-3-4-7-11)13-8-5-10(9-12)14-2/h10,13H,3-9,12H2,1-2H3. The molecule has 0 heterocycles. The molecule has 0 saturated heterocycles. The Hall–Kier alpha value is -0.120. The first-order valence-electron chi connectivity index (χ1n) is 5.68. The van der Waals surface area contributed by atoms with Crippen molar-refractivity contribution in [1.82, 2.24) is 5.32 Å². The highest BCUT2D eigenvalue weighted by atomic mass is 16.5. The quantitative estimate of drug-likeness (QED) is 0.679. The third-order valence-electron chi connectivity index (χ3n) is 3.32. The van der Waals surface area contributed by atoms with Gasteiger partial charge >= 0.3 is 0 Å². The number of methoxy groups -OCH3 is 1.